The maximum Gasteiger partial charge on any atom is 0.320 e. The van der Waals surface area contributed by atoms with Crippen LogP contribution in [0.25, 0.3) is 0 Å². The lowest BCUT2D eigenvalue weighted by Crippen LogP contribution is -2.34. The first-order valence-corrected chi connectivity index (χ1v) is 6.11. The maximum atomic E-state index is 10.6. The smallest absolute Gasteiger partial charge is 0.320 e. The number of carbonyl (C=O) groups is 1. The normalized spacial score (nSPS) is 14.9. The third kappa shape index (κ3) is 3.57. The highest BCUT2D eigenvalue weighted by atomic mass is 79.9. The maximum absolute atomic E-state index is 10.6. The largest absolute Gasteiger partial charge is 0.480 e. The van der Waals surface area contributed by atoms with E-state index in [9.17, 15) is 4.79 Å². The molecule has 0 saturated carbocycles. The number of thiophene rings is 1. The summed E-state index contributed by atoms with van der Waals surface area (Å²) in [6, 6.07) is 1.14. The van der Waals surface area contributed by atoms with Gasteiger partial charge in [0, 0.05) is 20.8 Å². The molecule has 0 aliphatic heterocycles. The molecule has 0 aliphatic carbocycles. The Morgan fingerprint density at radius 1 is 1.80 bits per heavy atom. The van der Waals surface area contributed by atoms with Gasteiger partial charge in [0.1, 0.15) is 6.04 Å². The quantitative estimate of drug-likeness (QED) is 0.770. The summed E-state index contributed by atoms with van der Waals surface area (Å²) in [7, 11) is 1.80. The number of rotatable bonds is 5. The number of aliphatic carboxylic acids is 1. The van der Waals surface area contributed by atoms with Gasteiger partial charge >= 0.3 is 5.97 Å². The molecule has 0 aliphatic rings. The Hall–Kier alpha value is -0.430. The predicted molar refractivity (Wildman–Crippen MR) is 64.0 cm³/mol. The molecule has 2 atom stereocenters. The molecule has 1 aromatic heterocycles. The van der Waals surface area contributed by atoms with Crippen molar-refractivity contribution in [3.63, 3.8) is 0 Å². The van der Waals surface area contributed by atoms with Gasteiger partial charge in [0.15, 0.2) is 0 Å². The number of hydrogen-bond acceptors (Lipinski definition) is 4. The Bertz CT molecular complexity index is 343. The fourth-order valence-electron chi connectivity index (χ4n) is 1.24. The minimum absolute atomic E-state index is 0.00704. The highest BCUT2D eigenvalue weighted by molar-refractivity contribution is 9.10. The summed E-state index contributed by atoms with van der Waals surface area (Å²) in [5.74, 6) is -0.967. The molecule has 4 nitrogen and oxygen atoms in total. The van der Waals surface area contributed by atoms with Crippen LogP contribution in [0.5, 0.6) is 0 Å². The summed E-state index contributed by atoms with van der Waals surface area (Å²) in [6.07, 6.45) is 0.388. The lowest BCUT2D eigenvalue weighted by molar-refractivity contribution is -0.138. The van der Waals surface area contributed by atoms with Gasteiger partial charge in [0.2, 0.25) is 0 Å². The van der Waals surface area contributed by atoms with E-state index in [1.807, 2.05) is 11.4 Å². The Morgan fingerprint density at radius 2 is 2.47 bits per heavy atom. The molecule has 1 aromatic rings. The Balaban J connectivity index is 2.68. The lowest BCUT2D eigenvalue weighted by atomic mass is 10.1. The average molecular weight is 293 g/mol. The van der Waals surface area contributed by atoms with Gasteiger partial charge in [-0.2, -0.15) is 0 Å². The standard InChI is InChI=1S/C9H13BrN2O2S/c1-12-7(3-6(11)9(13)14)8-2-5(10)4-15-8/h2,4,6-7,12H,3,11H2,1H3,(H,13,14). The molecule has 0 amide bonds. The van der Waals surface area contributed by atoms with Crippen LogP contribution in [0.15, 0.2) is 15.9 Å². The van der Waals surface area contributed by atoms with Crippen molar-refractivity contribution in [2.45, 2.75) is 18.5 Å². The number of carboxylic acid groups (broad SMARTS) is 1. The molecule has 0 radical (unpaired) electrons. The van der Waals surface area contributed by atoms with Crippen molar-refractivity contribution in [3.05, 3.63) is 20.8 Å². The van der Waals surface area contributed by atoms with Crippen molar-refractivity contribution in [1.82, 2.24) is 5.32 Å². The van der Waals surface area contributed by atoms with Crippen LogP contribution in [-0.4, -0.2) is 24.2 Å². The van der Waals surface area contributed by atoms with Gasteiger partial charge in [-0.05, 0) is 35.5 Å². The van der Waals surface area contributed by atoms with Gasteiger partial charge in [0.25, 0.3) is 0 Å². The van der Waals surface area contributed by atoms with Crippen molar-refractivity contribution >= 4 is 33.2 Å². The van der Waals surface area contributed by atoms with E-state index in [1.54, 1.807) is 18.4 Å². The van der Waals surface area contributed by atoms with Crippen molar-refractivity contribution in [2.75, 3.05) is 7.05 Å². The molecule has 6 heteroatoms. The fourth-order valence-corrected chi connectivity index (χ4v) is 2.81. The SMILES string of the molecule is CNC(CC(N)C(=O)O)c1cc(Br)cs1. The molecule has 0 aromatic carbocycles. The number of hydrogen-bond donors (Lipinski definition) is 3. The van der Waals surface area contributed by atoms with E-state index < -0.39 is 12.0 Å². The first-order chi connectivity index (χ1) is 7.04. The topological polar surface area (TPSA) is 75.3 Å². The number of nitrogens with one attached hydrogen (secondary N) is 1. The Labute approximate surface area is 101 Å². The lowest BCUT2D eigenvalue weighted by Gasteiger charge is -2.16. The predicted octanol–water partition coefficient (Wildman–Crippen LogP) is 1.57. The van der Waals surface area contributed by atoms with Gasteiger partial charge in [-0.15, -0.1) is 11.3 Å². The zero-order chi connectivity index (χ0) is 11.4. The molecular weight excluding hydrogens is 280 g/mol. The van der Waals surface area contributed by atoms with Gasteiger partial charge in [-0.25, -0.2) is 0 Å². The van der Waals surface area contributed by atoms with Gasteiger partial charge in [-0.1, -0.05) is 0 Å². The van der Waals surface area contributed by atoms with E-state index in [1.165, 1.54) is 0 Å². The van der Waals surface area contributed by atoms with Gasteiger partial charge < -0.3 is 16.2 Å². The number of nitrogens with two attached hydrogens (primary N) is 1. The van der Waals surface area contributed by atoms with Crippen LogP contribution < -0.4 is 11.1 Å². The van der Waals surface area contributed by atoms with Crippen molar-refractivity contribution in [1.29, 1.82) is 0 Å². The van der Waals surface area contributed by atoms with Crippen LogP contribution >= 0.6 is 27.3 Å². The molecule has 84 valence electrons. The minimum atomic E-state index is -0.967. The molecule has 4 N–H and O–H groups in total. The summed E-state index contributed by atoms with van der Waals surface area (Å²) in [5.41, 5.74) is 5.49. The van der Waals surface area contributed by atoms with Crippen LogP contribution in [0.4, 0.5) is 0 Å². The average Bonchev–Trinajstić information content (AvgIpc) is 2.60. The van der Waals surface area contributed by atoms with Crippen LogP contribution in [0.3, 0.4) is 0 Å². The second-order valence-electron chi connectivity index (χ2n) is 3.19. The van der Waals surface area contributed by atoms with E-state index in [0.717, 1.165) is 9.35 Å². The minimum Gasteiger partial charge on any atom is -0.480 e. The van der Waals surface area contributed by atoms with Crippen molar-refractivity contribution in [2.24, 2.45) is 5.73 Å². The molecule has 15 heavy (non-hydrogen) atoms. The van der Waals surface area contributed by atoms with Crippen LogP contribution in [0, 0.1) is 0 Å². The molecule has 0 spiro atoms. The molecular formula is C9H13BrN2O2S. The van der Waals surface area contributed by atoms with Crippen LogP contribution in [0.2, 0.25) is 0 Å². The van der Waals surface area contributed by atoms with Crippen molar-refractivity contribution < 1.29 is 9.90 Å². The summed E-state index contributed by atoms with van der Waals surface area (Å²) in [4.78, 5) is 11.7. The summed E-state index contributed by atoms with van der Waals surface area (Å²) < 4.78 is 1.01. The van der Waals surface area contributed by atoms with E-state index in [2.05, 4.69) is 21.2 Å². The molecule has 1 heterocycles. The van der Waals surface area contributed by atoms with Crippen LogP contribution in [-0.2, 0) is 4.79 Å². The highest BCUT2D eigenvalue weighted by Gasteiger charge is 2.19. The first-order valence-electron chi connectivity index (χ1n) is 4.44. The van der Waals surface area contributed by atoms with Gasteiger partial charge in [-0.3, -0.25) is 4.79 Å². The summed E-state index contributed by atoms with van der Waals surface area (Å²) in [6.45, 7) is 0. The highest BCUT2D eigenvalue weighted by Crippen LogP contribution is 2.27. The molecule has 1 rings (SSSR count). The first kappa shape index (κ1) is 12.6. The molecule has 2 unspecified atom stereocenters. The van der Waals surface area contributed by atoms with E-state index in [-0.39, 0.29) is 6.04 Å². The summed E-state index contributed by atoms with van der Waals surface area (Å²) in [5, 5.41) is 13.7. The summed E-state index contributed by atoms with van der Waals surface area (Å²) >= 11 is 4.94. The Kier molecular flexibility index (Phi) is 4.72. The number of halogens is 1. The monoisotopic (exact) mass is 292 g/mol. The van der Waals surface area contributed by atoms with Crippen molar-refractivity contribution in [3.8, 4) is 0 Å². The van der Waals surface area contributed by atoms with Gasteiger partial charge in [0.05, 0.1) is 0 Å². The van der Waals surface area contributed by atoms with E-state index in [0.29, 0.717) is 6.42 Å². The van der Waals surface area contributed by atoms with Crippen LogP contribution in [0.1, 0.15) is 17.3 Å². The third-order valence-electron chi connectivity index (χ3n) is 2.09. The zero-order valence-corrected chi connectivity index (χ0v) is 10.6. The van der Waals surface area contributed by atoms with E-state index in [4.69, 9.17) is 10.8 Å². The van der Waals surface area contributed by atoms with E-state index >= 15 is 0 Å². The number of carboxylic acids is 1. The fraction of sp³-hybridized carbons (Fsp3) is 0.444. The Morgan fingerprint density at radius 3 is 2.87 bits per heavy atom. The third-order valence-corrected chi connectivity index (χ3v) is 3.89. The molecule has 0 fully saturated rings. The second kappa shape index (κ2) is 5.60. The molecule has 0 saturated heterocycles. The molecule has 0 bridgehead atoms. The second-order valence-corrected chi connectivity index (χ2v) is 5.05. The zero-order valence-electron chi connectivity index (χ0n) is 8.24.